The van der Waals surface area contributed by atoms with E-state index in [4.69, 9.17) is 4.74 Å². The summed E-state index contributed by atoms with van der Waals surface area (Å²) in [6.45, 7) is 13.1. The van der Waals surface area contributed by atoms with E-state index in [1.54, 1.807) is 7.11 Å². The lowest BCUT2D eigenvalue weighted by atomic mass is 10.2. The topological polar surface area (TPSA) is 24.5 Å². The molecule has 0 rings (SSSR count). The first-order chi connectivity index (χ1) is 8.15. The van der Waals surface area contributed by atoms with Crippen LogP contribution in [0.4, 0.5) is 0 Å². The number of ether oxygens (including phenoxy) is 1. The Kier molecular flexibility index (Phi) is 10.9. The molecule has 17 heavy (non-hydrogen) atoms. The minimum Gasteiger partial charge on any atom is -0.383 e. The number of hydrogen-bond acceptors (Lipinski definition) is 3. The lowest BCUT2D eigenvalue weighted by Gasteiger charge is -2.28. The van der Waals surface area contributed by atoms with E-state index in [0.717, 1.165) is 26.2 Å². The van der Waals surface area contributed by atoms with Gasteiger partial charge in [-0.25, -0.2) is 0 Å². The Morgan fingerprint density at radius 3 is 2.41 bits per heavy atom. The Labute approximate surface area is 108 Å². The van der Waals surface area contributed by atoms with Gasteiger partial charge in [0, 0.05) is 38.8 Å². The predicted octanol–water partition coefficient (Wildman–Crippen LogP) is 2.51. The molecular formula is C14H32N2O. The lowest BCUT2D eigenvalue weighted by Crippen LogP contribution is -2.41. The molecule has 0 saturated heterocycles. The first-order valence-corrected chi connectivity index (χ1v) is 7.12. The zero-order valence-corrected chi connectivity index (χ0v) is 12.5. The Morgan fingerprint density at radius 2 is 1.88 bits per heavy atom. The van der Waals surface area contributed by atoms with Crippen LogP contribution >= 0.6 is 0 Å². The van der Waals surface area contributed by atoms with E-state index in [1.807, 2.05) is 0 Å². The maximum absolute atomic E-state index is 5.17. The number of nitrogens with one attached hydrogen (secondary N) is 1. The third kappa shape index (κ3) is 8.58. The van der Waals surface area contributed by atoms with Crippen LogP contribution in [-0.2, 0) is 4.74 Å². The maximum Gasteiger partial charge on any atom is 0.0589 e. The summed E-state index contributed by atoms with van der Waals surface area (Å²) in [6.07, 6.45) is 3.72. The summed E-state index contributed by atoms with van der Waals surface area (Å²) in [6, 6.07) is 1.29. The highest BCUT2D eigenvalue weighted by Gasteiger charge is 2.11. The zero-order valence-electron chi connectivity index (χ0n) is 12.5. The summed E-state index contributed by atoms with van der Waals surface area (Å²) in [5.41, 5.74) is 0. The molecule has 3 nitrogen and oxygen atoms in total. The van der Waals surface area contributed by atoms with Crippen LogP contribution in [0.15, 0.2) is 0 Å². The fourth-order valence-corrected chi connectivity index (χ4v) is 2.01. The van der Waals surface area contributed by atoms with Crippen LogP contribution in [0.1, 0.15) is 47.0 Å². The molecule has 2 unspecified atom stereocenters. The van der Waals surface area contributed by atoms with Gasteiger partial charge in [-0.15, -0.1) is 0 Å². The molecule has 0 fully saturated rings. The quantitative estimate of drug-likeness (QED) is 0.604. The van der Waals surface area contributed by atoms with Crippen LogP contribution in [0.2, 0.25) is 0 Å². The molecular weight excluding hydrogens is 212 g/mol. The molecule has 0 spiro atoms. The fourth-order valence-electron chi connectivity index (χ4n) is 2.01. The second-order valence-electron chi connectivity index (χ2n) is 4.93. The summed E-state index contributed by atoms with van der Waals surface area (Å²) < 4.78 is 5.17. The van der Waals surface area contributed by atoms with E-state index in [2.05, 4.69) is 37.9 Å². The molecule has 1 N–H and O–H groups in total. The van der Waals surface area contributed by atoms with Gasteiger partial charge in [-0.2, -0.15) is 0 Å². The summed E-state index contributed by atoms with van der Waals surface area (Å²) in [4.78, 5) is 2.51. The van der Waals surface area contributed by atoms with Gasteiger partial charge in [-0.1, -0.05) is 20.3 Å². The number of rotatable bonds is 11. The minimum atomic E-state index is 0.640. The van der Waals surface area contributed by atoms with Gasteiger partial charge in [0.05, 0.1) is 6.61 Å². The van der Waals surface area contributed by atoms with Crippen molar-refractivity contribution in [3.8, 4) is 0 Å². The largest absolute Gasteiger partial charge is 0.383 e. The van der Waals surface area contributed by atoms with E-state index in [1.165, 1.54) is 19.3 Å². The highest BCUT2D eigenvalue weighted by molar-refractivity contribution is 4.68. The van der Waals surface area contributed by atoms with Crippen molar-refractivity contribution in [2.24, 2.45) is 0 Å². The van der Waals surface area contributed by atoms with E-state index in [-0.39, 0.29) is 0 Å². The highest BCUT2D eigenvalue weighted by atomic mass is 16.5. The molecule has 2 atom stereocenters. The summed E-state index contributed by atoms with van der Waals surface area (Å²) in [5.74, 6) is 0. The SMILES string of the molecule is CCCC(C)NCCN(CCOC)C(C)CC. The summed E-state index contributed by atoms with van der Waals surface area (Å²) in [5, 5.41) is 3.59. The van der Waals surface area contributed by atoms with Gasteiger partial charge in [-0.3, -0.25) is 4.90 Å². The van der Waals surface area contributed by atoms with Gasteiger partial charge in [0.25, 0.3) is 0 Å². The van der Waals surface area contributed by atoms with Crippen LogP contribution in [-0.4, -0.2) is 50.3 Å². The standard InChI is InChI=1S/C14H32N2O/c1-6-8-13(3)15-9-10-16(11-12-17-5)14(4)7-2/h13-15H,6-12H2,1-5H3. The molecule has 0 aromatic heterocycles. The smallest absolute Gasteiger partial charge is 0.0589 e. The van der Waals surface area contributed by atoms with Crippen LogP contribution in [0, 0.1) is 0 Å². The van der Waals surface area contributed by atoms with Crippen LogP contribution in [0.3, 0.4) is 0 Å². The molecule has 0 aliphatic heterocycles. The fraction of sp³-hybridized carbons (Fsp3) is 1.00. The van der Waals surface area contributed by atoms with Gasteiger partial charge >= 0.3 is 0 Å². The molecule has 0 radical (unpaired) electrons. The lowest BCUT2D eigenvalue weighted by molar-refractivity contribution is 0.123. The molecule has 3 heteroatoms. The van der Waals surface area contributed by atoms with Crippen molar-refractivity contribution in [3.63, 3.8) is 0 Å². The average molecular weight is 244 g/mol. The Morgan fingerprint density at radius 1 is 1.18 bits per heavy atom. The molecule has 0 amide bonds. The van der Waals surface area contributed by atoms with E-state index in [9.17, 15) is 0 Å². The van der Waals surface area contributed by atoms with Gasteiger partial charge in [0.1, 0.15) is 0 Å². The van der Waals surface area contributed by atoms with Crippen molar-refractivity contribution < 1.29 is 4.74 Å². The van der Waals surface area contributed by atoms with Crippen molar-refractivity contribution >= 4 is 0 Å². The molecule has 0 bridgehead atoms. The van der Waals surface area contributed by atoms with Gasteiger partial charge < -0.3 is 10.1 Å². The molecule has 0 heterocycles. The van der Waals surface area contributed by atoms with Gasteiger partial charge in [-0.05, 0) is 26.7 Å². The summed E-state index contributed by atoms with van der Waals surface area (Å²) in [7, 11) is 1.77. The minimum absolute atomic E-state index is 0.640. The van der Waals surface area contributed by atoms with Crippen LogP contribution in [0.5, 0.6) is 0 Å². The Hall–Kier alpha value is -0.120. The number of hydrogen-bond donors (Lipinski definition) is 1. The normalized spacial score (nSPS) is 15.2. The van der Waals surface area contributed by atoms with Crippen molar-refractivity contribution in [3.05, 3.63) is 0 Å². The molecule has 0 aromatic rings. The van der Waals surface area contributed by atoms with Crippen molar-refractivity contribution in [2.75, 3.05) is 33.4 Å². The van der Waals surface area contributed by atoms with Crippen LogP contribution < -0.4 is 5.32 Å². The molecule has 0 aliphatic rings. The van der Waals surface area contributed by atoms with E-state index in [0.29, 0.717) is 12.1 Å². The third-order valence-electron chi connectivity index (χ3n) is 3.41. The number of nitrogens with zero attached hydrogens (tertiary/aromatic N) is 1. The maximum atomic E-state index is 5.17. The Bertz CT molecular complexity index is 164. The first-order valence-electron chi connectivity index (χ1n) is 7.12. The summed E-state index contributed by atoms with van der Waals surface area (Å²) >= 11 is 0. The molecule has 0 saturated carbocycles. The second kappa shape index (κ2) is 11.0. The predicted molar refractivity (Wildman–Crippen MR) is 75.6 cm³/mol. The molecule has 104 valence electrons. The van der Waals surface area contributed by atoms with Crippen LogP contribution in [0.25, 0.3) is 0 Å². The molecule has 0 aliphatic carbocycles. The number of methoxy groups -OCH3 is 1. The van der Waals surface area contributed by atoms with Crippen molar-refractivity contribution in [2.45, 2.75) is 59.0 Å². The first kappa shape index (κ1) is 16.9. The van der Waals surface area contributed by atoms with E-state index >= 15 is 0 Å². The van der Waals surface area contributed by atoms with Crippen molar-refractivity contribution in [1.29, 1.82) is 0 Å². The van der Waals surface area contributed by atoms with Crippen molar-refractivity contribution in [1.82, 2.24) is 10.2 Å². The monoisotopic (exact) mass is 244 g/mol. The zero-order chi connectivity index (χ0) is 13.1. The van der Waals surface area contributed by atoms with Gasteiger partial charge in [0.15, 0.2) is 0 Å². The molecule has 0 aromatic carbocycles. The van der Waals surface area contributed by atoms with Gasteiger partial charge in [0.2, 0.25) is 0 Å². The van der Waals surface area contributed by atoms with E-state index < -0.39 is 0 Å². The Balaban J connectivity index is 3.82. The average Bonchev–Trinajstić information content (AvgIpc) is 2.32. The third-order valence-corrected chi connectivity index (χ3v) is 3.41. The second-order valence-corrected chi connectivity index (χ2v) is 4.93. The highest BCUT2D eigenvalue weighted by Crippen LogP contribution is 2.02.